The lowest BCUT2D eigenvalue weighted by molar-refractivity contribution is 0.0606. The molecule has 2 aromatic heterocycles. The van der Waals surface area contributed by atoms with Crippen LogP contribution >= 0.6 is 27.3 Å². The Balaban J connectivity index is 2.27. The third kappa shape index (κ3) is 3.51. The van der Waals surface area contributed by atoms with Gasteiger partial charge in [-0.3, -0.25) is 5.10 Å². The van der Waals surface area contributed by atoms with Crippen LogP contribution in [0.15, 0.2) is 27.1 Å². The van der Waals surface area contributed by atoms with E-state index in [0.29, 0.717) is 9.35 Å². The van der Waals surface area contributed by atoms with Gasteiger partial charge in [-0.2, -0.15) is 5.10 Å². The zero-order valence-corrected chi connectivity index (χ0v) is 14.3. The van der Waals surface area contributed by atoms with Gasteiger partial charge >= 0.3 is 5.97 Å². The predicted molar refractivity (Wildman–Crippen MR) is 80.7 cm³/mol. The SMILES string of the molecule is COC(=O)c1cc(S(=O)(=O)NC(C)c2cn[nH]c2)c(Br)s1. The summed E-state index contributed by atoms with van der Waals surface area (Å²) in [4.78, 5) is 11.7. The summed E-state index contributed by atoms with van der Waals surface area (Å²) in [5.74, 6) is -0.579. The molecule has 2 heterocycles. The number of sulfonamides is 1. The van der Waals surface area contributed by atoms with Gasteiger partial charge < -0.3 is 4.74 Å². The monoisotopic (exact) mass is 393 g/mol. The van der Waals surface area contributed by atoms with Crippen molar-refractivity contribution in [1.29, 1.82) is 0 Å². The molecule has 0 radical (unpaired) electrons. The number of halogens is 1. The molecule has 0 saturated heterocycles. The van der Waals surface area contributed by atoms with Crippen molar-refractivity contribution < 1.29 is 17.9 Å². The molecule has 2 rings (SSSR count). The number of methoxy groups -OCH3 is 1. The van der Waals surface area contributed by atoms with E-state index >= 15 is 0 Å². The van der Waals surface area contributed by atoms with E-state index in [1.165, 1.54) is 19.4 Å². The van der Waals surface area contributed by atoms with E-state index in [1.54, 1.807) is 13.1 Å². The summed E-state index contributed by atoms with van der Waals surface area (Å²) in [5.41, 5.74) is 0.707. The molecule has 0 saturated carbocycles. The highest BCUT2D eigenvalue weighted by Crippen LogP contribution is 2.32. The third-order valence-corrected chi connectivity index (χ3v) is 6.46. The number of aromatic nitrogens is 2. The van der Waals surface area contributed by atoms with Crippen molar-refractivity contribution in [3.8, 4) is 0 Å². The molecule has 0 fully saturated rings. The van der Waals surface area contributed by atoms with Gasteiger partial charge in [-0.1, -0.05) is 0 Å². The van der Waals surface area contributed by atoms with E-state index in [9.17, 15) is 13.2 Å². The molecular formula is C11H12BrN3O4S2. The van der Waals surface area contributed by atoms with Crippen LogP contribution in [0.3, 0.4) is 0 Å². The van der Waals surface area contributed by atoms with Crippen molar-refractivity contribution >= 4 is 43.3 Å². The molecule has 0 aliphatic heterocycles. The molecule has 1 atom stereocenters. The fraction of sp³-hybridized carbons (Fsp3) is 0.273. The number of carbonyl (C=O) groups is 1. The highest BCUT2D eigenvalue weighted by molar-refractivity contribution is 9.11. The lowest BCUT2D eigenvalue weighted by atomic mass is 10.2. The summed E-state index contributed by atoms with van der Waals surface area (Å²) in [7, 11) is -2.53. The maximum atomic E-state index is 12.4. The smallest absolute Gasteiger partial charge is 0.348 e. The number of esters is 1. The van der Waals surface area contributed by atoms with Crippen molar-refractivity contribution in [2.45, 2.75) is 17.9 Å². The molecule has 0 aliphatic rings. The molecule has 10 heteroatoms. The molecule has 2 aromatic rings. The van der Waals surface area contributed by atoms with Crippen LogP contribution < -0.4 is 4.72 Å². The van der Waals surface area contributed by atoms with Crippen LogP contribution in [0, 0.1) is 0 Å². The number of hydrogen-bond acceptors (Lipinski definition) is 6. The van der Waals surface area contributed by atoms with Gasteiger partial charge in [0.2, 0.25) is 10.0 Å². The largest absolute Gasteiger partial charge is 0.465 e. The number of ether oxygens (including phenoxy) is 1. The minimum absolute atomic E-state index is 0.00300. The maximum Gasteiger partial charge on any atom is 0.348 e. The molecular weight excluding hydrogens is 382 g/mol. The number of nitrogens with zero attached hydrogens (tertiary/aromatic N) is 1. The second kappa shape index (κ2) is 6.26. The Morgan fingerprint density at radius 2 is 2.29 bits per heavy atom. The lowest BCUT2D eigenvalue weighted by Crippen LogP contribution is -2.26. The van der Waals surface area contributed by atoms with E-state index in [1.807, 2.05) is 0 Å². The summed E-state index contributed by atoms with van der Waals surface area (Å²) in [5, 5.41) is 6.39. The van der Waals surface area contributed by atoms with Gasteiger partial charge in [0.25, 0.3) is 0 Å². The summed E-state index contributed by atoms with van der Waals surface area (Å²) >= 11 is 4.17. The first-order valence-electron chi connectivity index (χ1n) is 5.74. The van der Waals surface area contributed by atoms with Crippen molar-refractivity contribution in [2.24, 2.45) is 0 Å². The van der Waals surface area contributed by atoms with Crippen LogP contribution in [0.5, 0.6) is 0 Å². The molecule has 2 N–H and O–H groups in total. The Morgan fingerprint density at radius 1 is 1.57 bits per heavy atom. The number of rotatable bonds is 5. The summed E-state index contributed by atoms with van der Waals surface area (Å²) < 4.78 is 32.2. The standard InChI is InChI=1S/C11H12BrN3O4S2/c1-6(7-4-13-14-5-7)15-21(17,18)9-3-8(11(16)19-2)20-10(9)12/h3-6,15H,1-2H3,(H,13,14). The Hall–Kier alpha value is -1.23. The normalized spacial score (nSPS) is 13.1. The highest BCUT2D eigenvalue weighted by Gasteiger charge is 2.25. The molecule has 0 amide bonds. The quantitative estimate of drug-likeness (QED) is 0.756. The van der Waals surface area contributed by atoms with Gasteiger partial charge in [0.15, 0.2) is 0 Å². The van der Waals surface area contributed by atoms with Crippen LogP contribution in [0.4, 0.5) is 0 Å². The number of nitrogens with one attached hydrogen (secondary N) is 2. The molecule has 0 bridgehead atoms. The number of carbonyl (C=O) groups excluding carboxylic acids is 1. The lowest BCUT2D eigenvalue weighted by Gasteiger charge is -2.11. The van der Waals surface area contributed by atoms with Crippen LogP contribution in [0.25, 0.3) is 0 Å². The third-order valence-electron chi connectivity index (χ3n) is 2.68. The summed E-state index contributed by atoms with van der Waals surface area (Å²) in [6.07, 6.45) is 3.14. The van der Waals surface area contributed by atoms with Crippen LogP contribution in [-0.2, 0) is 14.8 Å². The van der Waals surface area contributed by atoms with Crippen LogP contribution in [0.1, 0.15) is 28.2 Å². The Kier molecular flexibility index (Phi) is 4.81. The van der Waals surface area contributed by atoms with Crippen LogP contribution in [-0.4, -0.2) is 31.7 Å². The van der Waals surface area contributed by atoms with Crippen molar-refractivity contribution in [3.05, 3.63) is 32.7 Å². The Morgan fingerprint density at radius 3 is 2.86 bits per heavy atom. The van der Waals surface area contributed by atoms with E-state index < -0.39 is 22.0 Å². The average Bonchev–Trinajstić information content (AvgIpc) is 3.06. The second-order valence-corrected chi connectivity index (χ2v) is 8.17. The minimum atomic E-state index is -3.77. The molecule has 21 heavy (non-hydrogen) atoms. The van der Waals surface area contributed by atoms with E-state index in [0.717, 1.165) is 11.3 Å². The Bertz CT molecular complexity index is 740. The fourth-order valence-corrected chi connectivity index (χ4v) is 5.31. The molecule has 0 spiro atoms. The molecule has 1 unspecified atom stereocenters. The molecule has 0 aliphatic carbocycles. The number of aromatic amines is 1. The molecule has 114 valence electrons. The van der Waals surface area contributed by atoms with Crippen molar-refractivity contribution in [3.63, 3.8) is 0 Å². The second-order valence-electron chi connectivity index (χ2n) is 4.11. The van der Waals surface area contributed by atoms with Gasteiger partial charge in [-0.15, -0.1) is 11.3 Å². The maximum absolute atomic E-state index is 12.4. The van der Waals surface area contributed by atoms with Crippen molar-refractivity contribution in [2.75, 3.05) is 7.11 Å². The Labute approximate surface area is 133 Å². The van der Waals surface area contributed by atoms with Crippen molar-refractivity contribution in [1.82, 2.24) is 14.9 Å². The fourth-order valence-electron chi connectivity index (χ4n) is 1.60. The van der Waals surface area contributed by atoms with E-state index in [-0.39, 0.29) is 9.77 Å². The van der Waals surface area contributed by atoms with Gasteiger partial charge in [0, 0.05) is 17.8 Å². The zero-order chi connectivity index (χ0) is 15.6. The van der Waals surface area contributed by atoms with Crippen LogP contribution in [0.2, 0.25) is 0 Å². The molecule has 7 nitrogen and oxygen atoms in total. The topological polar surface area (TPSA) is 101 Å². The summed E-state index contributed by atoms with van der Waals surface area (Å²) in [6, 6.07) is 0.826. The number of thiophene rings is 1. The van der Waals surface area contributed by atoms with Gasteiger partial charge in [-0.05, 0) is 28.9 Å². The average molecular weight is 394 g/mol. The summed E-state index contributed by atoms with van der Waals surface area (Å²) in [6.45, 7) is 1.70. The molecule has 0 aromatic carbocycles. The first kappa shape index (κ1) is 16.1. The zero-order valence-electron chi connectivity index (χ0n) is 11.1. The van der Waals surface area contributed by atoms with Gasteiger partial charge in [0.1, 0.15) is 9.77 Å². The van der Waals surface area contributed by atoms with E-state index in [4.69, 9.17) is 0 Å². The van der Waals surface area contributed by atoms with Gasteiger partial charge in [-0.25, -0.2) is 17.9 Å². The predicted octanol–water partition coefficient (Wildman–Crippen LogP) is 2.06. The first-order chi connectivity index (χ1) is 9.85. The number of hydrogen-bond donors (Lipinski definition) is 2. The number of H-pyrrole nitrogens is 1. The van der Waals surface area contributed by atoms with Gasteiger partial charge in [0.05, 0.1) is 17.1 Å². The van der Waals surface area contributed by atoms with E-state index in [2.05, 4.69) is 35.6 Å². The highest BCUT2D eigenvalue weighted by atomic mass is 79.9. The first-order valence-corrected chi connectivity index (χ1v) is 8.83. The minimum Gasteiger partial charge on any atom is -0.465 e.